The van der Waals surface area contributed by atoms with E-state index in [1.165, 1.54) is 0 Å². The van der Waals surface area contributed by atoms with E-state index in [9.17, 15) is 14.4 Å². The Morgan fingerprint density at radius 3 is 2.42 bits per heavy atom. The number of rotatable bonds is 8. The van der Waals surface area contributed by atoms with Crippen LogP contribution in [0.4, 0.5) is 4.79 Å². The molecule has 1 unspecified atom stereocenters. The van der Waals surface area contributed by atoms with Crippen molar-refractivity contribution in [1.82, 2.24) is 10.6 Å². The molecule has 3 rings (SSSR count). The smallest absolute Gasteiger partial charge is 0.338 e. The summed E-state index contributed by atoms with van der Waals surface area (Å²) in [7, 11) is 0. The zero-order valence-electron chi connectivity index (χ0n) is 17.9. The van der Waals surface area contributed by atoms with Gasteiger partial charge in [0.05, 0.1) is 35.6 Å². The number of carbonyl (C=O) groups excluding carboxylic acids is 3. The summed E-state index contributed by atoms with van der Waals surface area (Å²) in [4.78, 5) is 37.3. The molecule has 9 heteroatoms. The van der Waals surface area contributed by atoms with Crippen LogP contribution in [0.3, 0.4) is 0 Å². The van der Waals surface area contributed by atoms with Crippen LogP contribution in [0.15, 0.2) is 59.8 Å². The lowest BCUT2D eigenvalue weighted by atomic mass is 9.95. The maximum atomic E-state index is 12.7. The van der Waals surface area contributed by atoms with Gasteiger partial charge in [-0.25, -0.2) is 9.59 Å². The molecule has 2 amide bonds. The Kier molecular flexibility index (Phi) is 8.06. The second-order valence-corrected chi connectivity index (χ2v) is 7.60. The molecule has 0 aromatic heterocycles. The number of nitrogens with zero attached hydrogens (tertiary/aromatic N) is 1. The SMILES string of the molecule is CCOC(=O)C1=C(COC(=O)CCc2ccc(C#N)cc2)NC(=O)NC1c1ccc(Cl)cc1. The van der Waals surface area contributed by atoms with E-state index in [1.807, 2.05) is 6.07 Å². The fourth-order valence-electron chi connectivity index (χ4n) is 3.30. The van der Waals surface area contributed by atoms with Gasteiger partial charge < -0.3 is 20.1 Å². The Labute approximate surface area is 196 Å². The molecular weight excluding hydrogens is 446 g/mol. The first-order valence-electron chi connectivity index (χ1n) is 10.3. The van der Waals surface area contributed by atoms with Gasteiger partial charge in [0.15, 0.2) is 0 Å². The summed E-state index contributed by atoms with van der Waals surface area (Å²) in [6.45, 7) is 1.52. The molecular formula is C24H22ClN3O5. The topological polar surface area (TPSA) is 118 Å². The predicted molar refractivity (Wildman–Crippen MR) is 120 cm³/mol. The van der Waals surface area contributed by atoms with E-state index in [-0.39, 0.29) is 30.9 Å². The molecule has 0 radical (unpaired) electrons. The molecule has 0 aliphatic carbocycles. The number of aryl methyl sites for hydroxylation is 1. The van der Waals surface area contributed by atoms with E-state index in [4.69, 9.17) is 26.3 Å². The number of hydrogen-bond donors (Lipinski definition) is 2. The van der Waals surface area contributed by atoms with E-state index in [0.29, 0.717) is 22.6 Å². The van der Waals surface area contributed by atoms with Crippen molar-refractivity contribution in [2.75, 3.05) is 13.2 Å². The van der Waals surface area contributed by atoms with Crippen LogP contribution in [0.2, 0.25) is 5.02 Å². The molecule has 0 bridgehead atoms. The third kappa shape index (κ3) is 6.34. The summed E-state index contributed by atoms with van der Waals surface area (Å²) < 4.78 is 10.5. The Balaban J connectivity index is 1.74. The van der Waals surface area contributed by atoms with Crippen LogP contribution in [0.5, 0.6) is 0 Å². The minimum absolute atomic E-state index is 0.0979. The molecule has 1 aliphatic heterocycles. The fourth-order valence-corrected chi connectivity index (χ4v) is 3.43. The number of carbonyl (C=O) groups is 3. The average molecular weight is 468 g/mol. The van der Waals surface area contributed by atoms with Crippen LogP contribution >= 0.6 is 11.6 Å². The predicted octanol–water partition coefficient (Wildman–Crippen LogP) is 3.56. The van der Waals surface area contributed by atoms with Crippen LogP contribution < -0.4 is 10.6 Å². The Morgan fingerprint density at radius 1 is 1.09 bits per heavy atom. The number of nitrogens with one attached hydrogen (secondary N) is 2. The second kappa shape index (κ2) is 11.2. The highest BCUT2D eigenvalue weighted by Gasteiger charge is 2.34. The largest absolute Gasteiger partial charge is 0.463 e. The van der Waals surface area contributed by atoms with Crippen molar-refractivity contribution in [2.45, 2.75) is 25.8 Å². The molecule has 0 saturated heterocycles. The Bertz CT molecular complexity index is 1100. The molecule has 2 aromatic rings. The van der Waals surface area contributed by atoms with Crippen molar-refractivity contribution in [3.8, 4) is 6.07 Å². The standard InChI is InChI=1S/C24H22ClN3O5/c1-2-32-23(30)21-19(27-24(31)28-22(21)17-8-10-18(25)11-9-17)14-33-20(29)12-7-15-3-5-16(13-26)6-4-15/h3-6,8-11,22H,2,7,12,14H2,1H3,(H2,27,28,31). The second-order valence-electron chi connectivity index (χ2n) is 7.17. The van der Waals surface area contributed by atoms with Gasteiger partial charge in [0.2, 0.25) is 0 Å². The van der Waals surface area contributed by atoms with Crippen molar-refractivity contribution >= 4 is 29.6 Å². The molecule has 33 heavy (non-hydrogen) atoms. The number of hydrogen-bond acceptors (Lipinski definition) is 6. The van der Waals surface area contributed by atoms with Crippen LogP contribution in [0.25, 0.3) is 0 Å². The zero-order valence-corrected chi connectivity index (χ0v) is 18.6. The van der Waals surface area contributed by atoms with Gasteiger partial charge in [-0.15, -0.1) is 0 Å². The van der Waals surface area contributed by atoms with Gasteiger partial charge >= 0.3 is 18.0 Å². The van der Waals surface area contributed by atoms with Crippen molar-refractivity contribution in [3.63, 3.8) is 0 Å². The number of urea groups is 1. The van der Waals surface area contributed by atoms with Gasteiger partial charge in [0.1, 0.15) is 6.61 Å². The third-order valence-corrected chi connectivity index (χ3v) is 5.18. The molecule has 2 N–H and O–H groups in total. The summed E-state index contributed by atoms with van der Waals surface area (Å²) in [6, 6.07) is 14.3. The summed E-state index contributed by atoms with van der Waals surface area (Å²) in [5.74, 6) is -1.13. The number of benzene rings is 2. The van der Waals surface area contributed by atoms with E-state index < -0.39 is 24.0 Å². The first kappa shape index (κ1) is 23.8. The number of amides is 2. The lowest BCUT2D eigenvalue weighted by Gasteiger charge is -2.29. The molecule has 170 valence electrons. The van der Waals surface area contributed by atoms with E-state index in [1.54, 1.807) is 55.5 Å². The van der Waals surface area contributed by atoms with Gasteiger partial charge in [-0.05, 0) is 48.7 Å². The lowest BCUT2D eigenvalue weighted by molar-refractivity contribution is -0.143. The van der Waals surface area contributed by atoms with E-state index in [2.05, 4.69) is 10.6 Å². The monoisotopic (exact) mass is 467 g/mol. The van der Waals surface area contributed by atoms with Crippen LogP contribution in [-0.4, -0.2) is 31.2 Å². The normalized spacial score (nSPS) is 15.2. The molecule has 1 aliphatic rings. The number of esters is 2. The molecule has 1 atom stereocenters. The summed E-state index contributed by atoms with van der Waals surface area (Å²) in [5, 5.41) is 14.6. The van der Waals surface area contributed by atoms with Gasteiger partial charge in [-0.3, -0.25) is 4.79 Å². The average Bonchev–Trinajstić information content (AvgIpc) is 2.82. The quantitative estimate of drug-likeness (QED) is 0.573. The number of nitriles is 1. The highest BCUT2D eigenvalue weighted by molar-refractivity contribution is 6.30. The highest BCUT2D eigenvalue weighted by Crippen LogP contribution is 2.29. The first-order valence-corrected chi connectivity index (χ1v) is 10.7. The van der Waals surface area contributed by atoms with Gasteiger partial charge in [-0.2, -0.15) is 5.26 Å². The summed E-state index contributed by atoms with van der Waals surface area (Å²) in [5.41, 5.74) is 2.36. The van der Waals surface area contributed by atoms with Crippen molar-refractivity contribution in [3.05, 3.63) is 81.5 Å². The molecule has 8 nitrogen and oxygen atoms in total. The van der Waals surface area contributed by atoms with Gasteiger partial charge in [0.25, 0.3) is 0 Å². The van der Waals surface area contributed by atoms with Crippen LogP contribution in [-0.2, 0) is 25.5 Å². The molecule has 1 heterocycles. The molecule has 2 aromatic carbocycles. The molecule has 0 spiro atoms. The zero-order chi connectivity index (χ0) is 23.8. The van der Waals surface area contributed by atoms with E-state index in [0.717, 1.165) is 5.56 Å². The Morgan fingerprint density at radius 2 is 1.79 bits per heavy atom. The third-order valence-electron chi connectivity index (χ3n) is 4.93. The minimum Gasteiger partial charge on any atom is -0.463 e. The highest BCUT2D eigenvalue weighted by atomic mass is 35.5. The van der Waals surface area contributed by atoms with E-state index >= 15 is 0 Å². The van der Waals surface area contributed by atoms with Gasteiger partial charge in [-0.1, -0.05) is 35.9 Å². The minimum atomic E-state index is -0.789. The van der Waals surface area contributed by atoms with Crippen molar-refractivity contribution in [2.24, 2.45) is 0 Å². The fraction of sp³-hybridized carbons (Fsp3) is 0.250. The van der Waals surface area contributed by atoms with Crippen LogP contribution in [0.1, 0.15) is 36.1 Å². The van der Waals surface area contributed by atoms with Crippen molar-refractivity contribution in [1.29, 1.82) is 5.26 Å². The maximum absolute atomic E-state index is 12.7. The molecule has 0 saturated carbocycles. The summed E-state index contributed by atoms with van der Waals surface area (Å²) >= 11 is 5.96. The van der Waals surface area contributed by atoms with Gasteiger partial charge in [0, 0.05) is 11.4 Å². The lowest BCUT2D eigenvalue weighted by Crippen LogP contribution is -2.47. The maximum Gasteiger partial charge on any atom is 0.338 e. The first-order chi connectivity index (χ1) is 15.9. The Hall–Kier alpha value is -3.83. The number of halogens is 1. The molecule has 0 fully saturated rings. The number of ether oxygens (including phenoxy) is 2. The summed E-state index contributed by atoms with van der Waals surface area (Å²) in [6.07, 6.45) is 0.524. The van der Waals surface area contributed by atoms with Crippen LogP contribution in [0, 0.1) is 11.3 Å². The van der Waals surface area contributed by atoms with Crippen molar-refractivity contribution < 1.29 is 23.9 Å².